The fraction of sp³-hybridized carbons (Fsp3) is 0.467. The van der Waals surface area contributed by atoms with Crippen molar-refractivity contribution in [1.82, 2.24) is 14.8 Å². The summed E-state index contributed by atoms with van der Waals surface area (Å²) < 4.78 is 29.6. The molecule has 124 valence electrons. The van der Waals surface area contributed by atoms with Gasteiger partial charge in [-0.05, 0) is 25.0 Å². The molecule has 1 saturated heterocycles. The normalized spacial score (nSPS) is 17.4. The van der Waals surface area contributed by atoms with Crippen molar-refractivity contribution in [3.05, 3.63) is 30.0 Å². The molecule has 2 heterocycles. The van der Waals surface area contributed by atoms with Crippen molar-refractivity contribution in [3.8, 4) is 0 Å². The molecule has 1 amide bonds. The van der Waals surface area contributed by atoms with Gasteiger partial charge in [0.25, 0.3) is 0 Å². The van der Waals surface area contributed by atoms with E-state index in [9.17, 15) is 13.2 Å². The molecular weight excluding hydrogens is 318 g/mol. The van der Waals surface area contributed by atoms with Gasteiger partial charge in [0.05, 0.1) is 12.7 Å². The number of nitrogens with zero attached hydrogens (tertiary/aromatic N) is 2. The number of nitrogens with one attached hydrogen (secondary N) is 1. The van der Waals surface area contributed by atoms with E-state index in [2.05, 4.69) is 10.5 Å². The van der Waals surface area contributed by atoms with Gasteiger partial charge in [-0.15, -0.1) is 0 Å². The second-order valence-corrected chi connectivity index (χ2v) is 7.79. The van der Waals surface area contributed by atoms with E-state index in [1.54, 1.807) is 0 Å². The lowest BCUT2D eigenvalue weighted by Gasteiger charge is -2.30. The summed E-state index contributed by atoms with van der Waals surface area (Å²) >= 11 is 0. The lowest BCUT2D eigenvalue weighted by molar-refractivity contribution is -0.121. The molecule has 0 saturated carbocycles. The number of carbonyl (C=O) groups excluding carboxylic acids is 1. The van der Waals surface area contributed by atoms with Crippen LogP contribution in [0.2, 0.25) is 0 Å². The van der Waals surface area contributed by atoms with E-state index in [1.165, 1.54) is 10.6 Å². The van der Waals surface area contributed by atoms with Crippen LogP contribution in [0, 0.1) is 0 Å². The summed E-state index contributed by atoms with van der Waals surface area (Å²) in [6.07, 6.45) is 2.61. The molecule has 8 heteroatoms. The minimum absolute atomic E-state index is 0.00124. The maximum absolute atomic E-state index is 12.2. The van der Waals surface area contributed by atoms with Crippen LogP contribution in [0.15, 0.2) is 28.8 Å². The third-order valence-electron chi connectivity index (χ3n) is 4.07. The second kappa shape index (κ2) is 6.29. The van der Waals surface area contributed by atoms with Gasteiger partial charge in [0, 0.05) is 24.5 Å². The van der Waals surface area contributed by atoms with Crippen molar-refractivity contribution >= 4 is 26.9 Å². The summed E-state index contributed by atoms with van der Waals surface area (Å²) in [5.41, 5.74) is 1.28. The third kappa shape index (κ3) is 3.70. The molecule has 0 spiro atoms. The molecule has 23 heavy (non-hydrogen) atoms. The van der Waals surface area contributed by atoms with Crippen LogP contribution in [0.3, 0.4) is 0 Å². The summed E-state index contributed by atoms with van der Waals surface area (Å²) in [4.78, 5) is 12.2. The molecule has 1 aliphatic heterocycles. The van der Waals surface area contributed by atoms with Crippen LogP contribution >= 0.6 is 0 Å². The van der Waals surface area contributed by atoms with Gasteiger partial charge in [0.15, 0.2) is 5.58 Å². The molecule has 0 unspecified atom stereocenters. The molecule has 0 aliphatic carbocycles. The maximum Gasteiger partial charge on any atom is 0.226 e. The molecule has 1 aliphatic rings. The molecule has 1 N–H and O–H groups in total. The van der Waals surface area contributed by atoms with Gasteiger partial charge in [0.1, 0.15) is 5.69 Å². The van der Waals surface area contributed by atoms with Crippen molar-refractivity contribution < 1.29 is 17.7 Å². The first kappa shape index (κ1) is 15.9. The fourth-order valence-corrected chi connectivity index (χ4v) is 3.70. The lowest BCUT2D eigenvalue weighted by Crippen LogP contribution is -2.46. The molecule has 0 atom stereocenters. The largest absolute Gasteiger partial charge is 0.356 e. The maximum atomic E-state index is 12.2. The Morgan fingerprint density at radius 3 is 2.74 bits per heavy atom. The van der Waals surface area contributed by atoms with Gasteiger partial charge < -0.3 is 9.84 Å². The summed E-state index contributed by atoms with van der Waals surface area (Å²) in [5.74, 6) is -0.123. The van der Waals surface area contributed by atoms with E-state index in [-0.39, 0.29) is 18.4 Å². The first-order chi connectivity index (χ1) is 10.9. The van der Waals surface area contributed by atoms with Crippen LogP contribution in [0.5, 0.6) is 0 Å². The monoisotopic (exact) mass is 337 g/mol. The van der Waals surface area contributed by atoms with Crippen LogP contribution in [0.25, 0.3) is 11.0 Å². The van der Waals surface area contributed by atoms with Gasteiger partial charge in [0.2, 0.25) is 15.9 Å². The number of amides is 1. The van der Waals surface area contributed by atoms with Gasteiger partial charge >= 0.3 is 0 Å². The first-order valence-electron chi connectivity index (χ1n) is 7.51. The van der Waals surface area contributed by atoms with Crippen molar-refractivity contribution in [2.45, 2.75) is 25.3 Å². The minimum atomic E-state index is -3.14. The Bertz CT molecular complexity index is 807. The van der Waals surface area contributed by atoms with E-state index in [0.717, 1.165) is 5.39 Å². The summed E-state index contributed by atoms with van der Waals surface area (Å²) in [6.45, 7) is 0.882. The zero-order valence-corrected chi connectivity index (χ0v) is 13.7. The van der Waals surface area contributed by atoms with Crippen LogP contribution < -0.4 is 5.32 Å². The Kier molecular flexibility index (Phi) is 4.36. The van der Waals surface area contributed by atoms with Crippen molar-refractivity contribution in [1.29, 1.82) is 0 Å². The predicted octanol–water partition coefficient (Wildman–Crippen LogP) is 0.910. The van der Waals surface area contributed by atoms with Crippen molar-refractivity contribution in [3.63, 3.8) is 0 Å². The van der Waals surface area contributed by atoms with E-state index < -0.39 is 10.0 Å². The second-order valence-electron chi connectivity index (χ2n) is 5.81. The number of sulfonamides is 1. The smallest absolute Gasteiger partial charge is 0.226 e. The Hall–Kier alpha value is -1.93. The van der Waals surface area contributed by atoms with Gasteiger partial charge in [-0.1, -0.05) is 17.3 Å². The van der Waals surface area contributed by atoms with E-state index >= 15 is 0 Å². The summed E-state index contributed by atoms with van der Waals surface area (Å²) in [7, 11) is -3.14. The van der Waals surface area contributed by atoms with E-state index in [1.807, 2.05) is 24.3 Å². The number of aromatic nitrogens is 1. The van der Waals surface area contributed by atoms with Crippen molar-refractivity contribution in [2.24, 2.45) is 0 Å². The number of hydrogen-bond donors (Lipinski definition) is 1. The first-order valence-corrected chi connectivity index (χ1v) is 9.36. The number of hydrogen-bond acceptors (Lipinski definition) is 5. The molecule has 3 rings (SSSR count). The van der Waals surface area contributed by atoms with Crippen molar-refractivity contribution in [2.75, 3.05) is 19.3 Å². The minimum Gasteiger partial charge on any atom is -0.356 e. The molecule has 7 nitrogen and oxygen atoms in total. The summed E-state index contributed by atoms with van der Waals surface area (Å²) in [5, 5.41) is 7.74. The molecular formula is C15H19N3O4S. The number of benzene rings is 1. The molecule has 0 bridgehead atoms. The highest BCUT2D eigenvalue weighted by atomic mass is 32.2. The number of piperidine rings is 1. The highest BCUT2D eigenvalue weighted by Gasteiger charge is 2.26. The standard InChI is InChI=1S/C15H19N3O4S/c1-23(20,21)18-8-6-11(7-9-18)16-15(19)10-13-12-4-2-3-5-14(12)22-17-13/h2-5,11H,6-10H2,1H3,(H,16,19). The average Bonchev–Trinajstić information content (AvgIpc) is 2.90. The summed E-state index contributed by atoms with van der Waals surface area (Å²) in [6, 6.07) is 7.41. The zero-order valence-electron chi connectivity index (χ0n) is 12.9. The van der Waals surface area contributed by atoms with Gasteiger partial charge in [-0.3, -0.25) is 4.79 Å². The third-order valence-corrected chi connectivity index (χ3v) is 5.37. The number of fused-ring (bicyclic) bond motifs is 1. The Morgan fingerprint density at radius 1 is 1.35 bits per heavy atom. The van der Waals surface area contributed by atoms with Crippen LogP contribution in [0.4, 0.5) is 0 Å². The van der Waals surface area contributed by atoms with Gasteiger partial charge in [-0.2, -0.15) is 0 Å². The molecule has 1 fully saturated rings. The number of carbonyl (C=O) groups is 1. The Labute approximate surface area is 134 Å². The quantitative estimate of drug-likeness (QED) is 0.895. The Morgan fingerprint density at radius 2 is 2.04 bits per heavy atom. The lowest BCUT2D eigenvalue weighted by atomic mass is 10.1. The molecule has 1 aromatic heterocycles. The molecule has 0 radical (unpaired) electrons. The average molecular weight is 337 g/mol. The van der Waals surface area contributed by atoms with E-state index in [0.29, 0.717) is 37.2 Å². The topological polar surface area (TPSA) is 92.5 Å². The Balaban J connectivity index is 1.56. The number of para-hydroxylation sites is 1. The molecule has 2 aromatic rings. The highest BCUT2D eigenvalue weighted by molar-refractivity contribution is 7.88. The van der Waals surface area contributed by atoms with Crippen LogP contribution in [0.1, 0.15) is 18.5 Å². The van der Waals surface area contributed by atoms with Crippen LogP contribution in [-0.2, 0) is 21.2 Å². The SMILES string of the molecule is CS(=O)(=O)N1CCC(NC(=O)Cc2noc3ccccc23)CC1. The predicted molar refractivity (Wildman–Crippen MR) is 85.3 cm³/mol. The fourth-order valence-electron chi connectivity index (χ4n) is 2.83. The highest BCUT2D eigenvalue weighted by Crippen LogP contribution is 2.18. The zero-order chi connectivity index (χ0) is 16.4. The number of rotatable bonds is 4. The molecule has 1 aromatic carbocycles. The van der Waals surface area contributed by atoms with Gasteiger partial charge in [-0.25, -0.2) is 12.7 Å². The van der Waals surface area contributed by atoms with Crippen LogP contribution in [-0.4, -0.2) is 49.2 Å². The van der Waals surface area contributed by atoms with E-state index in [4.69, 9.17) is 4.52 Å².